The minimum absolute atomic E-state index is 0.0425. The van der Waals surface area contributed by atoms with Crippen LogP contribution in [0.25, 0.3) is 32.3 Å². The molecule has 0 unspecified atom stereocenters. The quantitative estimate of drug-likeness (QED) is 0.0865. The van der Waals surface area contributed by atoms with E-state index in [1.54, 1.807) is 12.1 Å². The van der Waals surface area contributed by atoms with Crippen molar-refractivity contribution in [3.8, 4) is 0 Å². The zero-order chi connectivity index (χ0) is 21.1. The van der Waals surface area contributed by atoms with Crippen LogP contribution < -0.4 is 5.73 Å². The summed E-state index contributed by atoms with van der Waals surface area (Å²) in [4.78, 5) is -0.776. The summed E-state index contributed by atoms with van der Waals surface area (Å²) in [6.45, 7) is 0. The Hall–Kier alpha value is -2.23. The standard InChI is InChI=1S/C16H11NO9S3/c17-11-5-13(28(19,20)21)9-3-4-10-14(29(22,23)24)6-12(27-26-25-18)8-2-1-7(11)15(9)16(8)10/h1-6,18H,17H2,(H,19,20,21)(H,22,23,24). The molecule has 0 saturated carbocycles. The van der Waals surface area contributed by atoms with Crippen molar-refractivity contribution in [3.05, 3.63) is 36.4 Å². The van der Waals surface area contributed by atoms with Gasteiger partial charge in [-0.3, -0.25) is 9.11 Å². The molecular weight excluding hydrogens is 446 g/mol. The SMILES string of the molecule is Nc1cc(S(=O)(=O)O)c2ccc3c(S(=O)(=O)O)cc(SOOO)c4ccc1c2c43. The summed E-state index contributed by atoms with van der Waals surface area (Å²) in [5, 5.41) is 13.6. The third-order valence-corrected chi connectivity index (χ3v) is 6.96. The van der Waals surface area contributed by atoms with Gasteiger partial charge >= 0.3 is 0 Å². The third-order valence-electron chi connectivity index (χ3n) is 4.53. The molecule has 0 spiro atoms. The van der Waals surface area contributed by atoms with Crippen LogP contribution in [-0.4, -0.2) is 31.2 Å². The molecule has 4 rings (SSSR count). The third kappa shape index (κ3) is 3.17. The van der Waals surface area contributed by atoms with Crippen LogP contribution in [0.2, 0.25) is 0 Å². The van der Waals surface area contributed by atoms with E-state index in [2.05, 4.69) is 9.37 Å². The molecule has 0 fully saturated rings. The maximum Gasteiger partial charge on any atom is 0.295 e. The molecule has 4 aromatic carbocycles. The Balaban J connectivity index is 2.32. The minimum atomic E-state index is -4.69. The van der Waals surface area contributed by atoms with Gasteiger partial charge in [-0.2, -0.15) is 16.8 Å². The van der Waals surface area contributed by atoms with E-state index in [0.29, 0.717) is 22.8 Å². The van der Waals surface area contributed by atoms with Crippen LogP contribution in [0.1, 0.15) is 0 Å². The average molecular weight is 457 g/mol. The Kier molecular flexibility index (Phi) is 4.60. The molecule has 152 valence electrons. The topological polar surface area (TPSA) is 173 Å². The van der Waals surface area contributed by atoms with E-state index >= 15 is 0 Å². The van der Waals surface area contributed by atoms with Crippen molar-refractivity contribution in [2.75, 3.05) is 5.73 Å². The highest BCUT2D eigenvalue weighted by Crippen LogP contribution is 2.44. The number of hydrogen-bond acceptors (Lipinski definition) is 9. The summed E-state index contributed by atoms with van der Waals surface area (Å²) in [5.41, 5.74) is 6.02. The summed E-state index contributed by atoms with van der Waals surface area (Å²) in [5.74, 6) is 0. The fraction of sp³-hybridized carbons (Fsp3) is 0. The summed E-state index contributed by atoms with van der Waals surface area (Å²) >= 11 is 0.471. The molecule has 0 atom stereocenters. The largest absolute Gasteiger partial charge is 0.398 e. The minimum Gasteiger partial charge on any atom is -0.398 e. The van der Waals surface area contributed by atoms with E-state index in [-0.39, 0.29) is 32.1 Å². The van der Waals surface area contributed by atoms with Gasteiger partial charge in [-0.15, -0.1) is 4.33 Å². The first-order valence-electron chi connectivity index (χ1n) is 7.67. The summed E-state index contributed by atoms with van der Waals surface area (Å²) in [6.07, 6.45) is 0. The van der Waals surface area contributed by atoms with Gasteiger partial charge in [0.15, 0.2) is 0 Å². The van der Waals surface area contributed by atoms with Gasteiger partial charge in [0.1, 0.15) is 9.79 Å². The van der Waals surface area contributed by atoms with Gasteiger partial charge in [-0.05, 0) is 17.5 Å². The van der Waals surface area contributed by atoms with Gasteiger partial charge in [0.05, 0.1) is 12.0 Å². The molecule has 5 N–H and O–H groups in total. The molecule has 0 amide bonds. The van der Waals surface area contributed by atoms with Gasteiger partial charge in [0.2, 0.25) is 0 Å². The Bertz CT molecular complexity index is 1500. The van der Waals surface area contributed by atoms with Crippen molar-refractivity contribution in [3.63, 3.8) is 0 Å². The van der Waals surface area contributed by atoms with Crippen LogP contribution in [0, 0.1) is 0 Å². The Morgan fingerprint density at radius 2 is 1.28 bits per heavy atom. The van der Waals surface area contributed by atoms with Crippen molar-refractivity contribution in [2.24, 2.45) is 0 Å². The molecule has 0 bridgehead atoms. The monoisotopic (exact) mass is 457 g/mol. The van der Waals surface area contributed by atoms with E-state index in [0.717, 1.165) is 12.1 Å². The first kappa shape index (κ1) is 20.1. The predicted molar refractivity (Wildman–Crippen MR) is 105 cm³/mol. The molecule has 0 aromatic heterocycles. The van der Waals surface area contributed by atoms with E-state index in [9.17, 15) is 25.9 Å². The number of nitrogens with two attached hydrogens (primary N) is 1. The maximum absolute atomic E-state index is 12.0. The van der Waals surface area contributed by atoms with Gasteiger partial charge in [0.25, 0.3) is 20.2 Å². The van der Waals surface area contributed by atoms with Crippen LogP contribution in [0.4, 0.5) is 5.69 Å². The Morgan fingerprint density at radius 3 is 1.83 bits per heavy atom. The average Bonchev–Trinajstić information content (AvgIpc) is 2.63. The maximum atomic E-state index is 12.0. The molecule has 0 radical (unpaired) electrons. The number of rotatable bonds is 5. The number of hydrogen-bond donors (Lipinski definition) is 4. The lowest BCUT2D eigenvalue weighted by Gasteiger charge is -2.17. The lowest BCUT2D eigenvalue weighted by Crippen LogP contribution is -2.04. The normalized spacial score (nSPS) is 13.1. The van der Waals surface area contributed by atoms with Gasteiger partial charge < -0.3 is 5.73 Å². The van der Waals surface area contributed by atoms with Crippen LogP contribution in [0.3, 0.4) is 0 Å². The van der Waals surface area contributed by atoms with Crippen molar-refractivity contribution in [1.82, 2.24) is 0 Å². The molecule has 4 aromatic rings. The van der Waals surface area contributed by atoms with Crippen molar-refractivity contribution in [1.29, 1.82) is 0 Å². The van der Waals surface area contributed by atoms with Crippen LogP contribution in [-0.2, 0) is 29.6 Å². The first-order chi connectivity index (χ1) is 13.5. The molecule has 13 heteroatoms. The zero-order valence-corrected chi connectivity index (χ0v) is 16.5. The lowest BCUT2D eigenvalue weighted by molar-refractivity contribution is -0.432. The molecule has 0 aliphatic rings. The van der Waals surface area contributed by atoms with E-state index in [4.69, 9.17) is 11.0 Å². The fourth-order valence-electron chi connectivity index (χ4n) is 3.47. The molecule has 10 nitrogen and oxygen atoms in total. The molecule has 0 saturated heterocycles. The summed E-state index contributed by atoms with van der Waals surface area (Å²) < 4.78 is 71.4. The second-order valence-electron chi connectivity index (χ2n) is 6.08. The second-order valence-corrected chi connectivity index (χ2v) is 9.61. The van der Waals surface area contributed by atoms with E-state index in [1.165, 1.54) is 12.1 Å². The van der Waals surface area contributed by atoms with Crippen LogP contribution in [0.5, 0.6) is 0 Å². The van der Waals surface area contributed by atoms with Crippen LogP contribution in [0.15, 0.2) is 51.1 Å². The molecule has 29 heavy (non-hydrogen) atoms. The van der Waals surface area contributed by atoms with Gasteiger partial charge in [0, 0.05) is 37.5 Å². The summed E-state index contributed by atoms with van der Waals surface area (Å²) in [6, 6.07) is 8.04. The molecule has 0 aliphatic heterocycles. The van der Waals surface area contributed by atoms with Crippen LogP contribution >= 0.6 is 12.0 Å². The van der Waals surface area contributed by atoms with E-state index in [1.807, 2.05) is 0 Å². The molecular formula is C16H11NO9S3. The first-order valence-corrected chi connectivity index (χ1v) is 11.3. The van der Waals surface area contributed by atoms with Crippen molar-refractivity contribution < 1.29 is 40.6 Å². The molecule has 0 heterocycles. The highest BCUT2D eigenvalue weighted by molar-refractivity contribution is 7.94. The zero-order valence-electron chi connectivity index (χ0n) is 14.1. The number of benzene rings is 4. The van der Waals surface area contributed by atoms with Gasteiger partial charge in [-0.1, -0.05) is 29.3 Å². The smallest absolute Gasteiger partial charge is 0.295 e. The number of nitrogen functional groups attached to an aromatic ring is 1. The fourth-order valence-corrected chi connectivity index (χ4v) is 5.51. The second kappa shape index (κ2) is 6.65. The Morgan fingerprint density at radius 1 is 0.793 bits per heavy atom. The van der Waals surface area contributed by atoms with Crippen molar-refractivity contribution >= 4 is 70.3 Å². The highest BCUT2D eigenvalue weighted by atomic mass is 32.2. The van der Waals surface area contributed by atoms with E-state index < -0.39 is 30.0 Å². The summed E-state index contributed by atoms with van der Waals surface area (Å²) in [7, 11) is -9.34. The van der Waals surface area contributed by atoms with Crippen molar-refractivity contribution in [2.45, 2.75) is 14.7 Å². The lowest BCUT2D eigenvalue weighted by atomic mass is 9.93. The highest BCUT2D eigenvalue weighted by Gasteiger charge is 2.25. The molecule has 0 aliphatic carbocycles. The van der Waals surface area contributed by atoms with Gasteiger partial charge in [-0.25, -0.2) is 5.26 Å². The predicted octanol–water partition coefficient (Wildman–Crippen LogP) is 3.09. The Labute approximate surface area is 167 Å². The number of anilines is 1.